The summed E-state index contributed by atoms with van der Waals surface area (Å²) in [5.74, 6) is -1.44. The molecule has 0 bridgehead atoms. The van der Waals surface area contributed by atoms with Gasteiger partial charge >= 0.3 is 6.18 Å². The molecule has 0 saturated carbocycles. The summed E-state index contributed by atoms with van der Waals surface area (Å²) in [7, 11) is 0. The number of rotatable bonds is 0. The second kappa shape index (κ2) is 2.75. The van der Waals surface area contributed by atoms with E-state index in [1.807, 2.05) is 0 Å². The smallest absolute Gasteiger partial charge is 0.355 e. The number of ether oxygens (including phenoxy) is 2. The van der Waals surface area contributed by atoms with Crippen LogP contribution in [0.5, 0.6) is 0 Å². The molecule has 10 heavy (non-hydrogen) atoms. The summed E-state index contributed by atoms with van der Waals surface area (Å²) in [5, 5.41) is 0. The van der Waals surface area contributed by atoms with Crippen molar-refractivity contribution < 1.29 is 22.6 Å². The molecule has 1 rings (SSSR count). The minimum atomic E-state index is -4.18. The molecule has 0 atom stereocenters. The average Bonchev–Trinajstić information content (AvgIpc) is 1.88. The topological polar surface area (TPSA) is 18.5 Å². The van der Waals surface area contributed by atoms with Crippen LogP contribution >= 0.6 is 0 Å². The minimum absolute atomic E-state index is 0.0212. The summed E-state index contributed by atoms with van der Waals surface area (Å²) in [6, 6.07) is 0. The minimum Gasteiger partial charge on any atom is -0.355 e. The number of hydrogen-bond acceptors (Lipinski definition) is 2. The molecule has 1 fully saturated rings. The molecule has 1 aliphatic rings. The summed E-state index contributed by atoms with van der Waals surface area (Å²) in [6.07, 6.45) is -4.18. The molecule has 1 aliphatic heterocycles. The van der Waals surface area contributed by atoms with Crippen molar-refractivity contribution in [2.24, 2.45) is 5.92 Å². The molecule has 0 spiro atoms. The van der Waals surface area contributed by atoms with Crippen molar-refractivity contribution in [1.29, 1.82) is 0 Å². The molecular formula is C5H7F3O2. The van der Waals surface area contributed by atoms with E-state index < -0.39 is 12.1 Å². The zero-order valence-corrected chi connectivity index (χ0v) is 5.15. The van der Waals surface area contributed by atoms with Crippen molar-refractivity contribution in [3.05, 3.63) is 0 Å². The fourth-order valence-corrected chi connectivity index (χ4v) is 0.677. The van der Waals surface area contributed by atoms with E-state index in [0.29, 0.717) is 0 Å². The first-order chi connectivity index (χ1) is 4.61. The van der Waals surface area contributed by atoms with Crippen molar-refractivity contribution >= 4 is 0 Å². The van der Waals surface area contributed by atoms with Crippen LogP contribution in [0.4, 0.5) is 13.2 Å². The van der Waals surface area contributed by atoms with Gasteiger partial charge in [0.25, 0.3) is 0 Å². The van der Waals surface area contributed by atoms with Gasteiger partial charge in [0.1, 0.15) is 12.7 Å². The van der Waals surface area contributed by atoms with Gasteiger partial charge in [0.05, 0.1) is 13.2 Å². The van der Waals surface area contributed by atoms with Gasteiger partial charge in [0, 0.05) is 0 Å². The van der Waals surface area contributed by atoms with Crippen molar-refractivity contribution in [3.63, 3.8) is 0 Å². The lowest BCUT2D eigenvalue weighted by atomic mass is 10.1. The van der Waals surface area contributed by atoms with Gasteiger partial charge in [-0.05, 0) is 0 Å². The first kappa shape index (κ1) is 7.81. The molecule has 0 aliphatic carbocycles. The van der Waals surface area contributed by atoms with Crippen molar-refractivity contribution in [3.8, 4) is 0 Å². The van der Waals surface area contributed by atoms with Crippen LogP contribution in [0.15, 0.2) is 0 Å². The molecule has 2 nitrogen and oxygen atoms in total. The quantitative estimate of drug-likeness (QED) is 0.524. The average molecular weight is 156 g/mol. The molecule has 0 unspecified atom stereocenters. The maximum Gasteiger partial charge on any atom is 0.396 e. The standard InChI is InChI=1S/C5H7F3O2/c6-5(7,8)4-1-9-3-10-2-4/h4H,1-3H2. The van der Waals surface area contributed by atoms with Crippen molar-refractivity contribution in [1.82, 2.24) is 0 Å². The van der Waals surface area contributed by atoms with E-state index in [0.717, 1.165) is 0 Å². The van der Waals surface area contributed by atoms with Gasteiger partial charge in [0.15, 0.2) is 0 Å². The predicted molar refractivity (Wildman–Crippen MR) is 26.3 cm³/mol. The lowest BCUT2D eigenvalue weighted by Crippen LogP contribution is -2.35. The SMILES string of the molecule is FC(F)(F)C1COCOC1. The van der Waals surface area contributed by atoms with Crippen LogP contribution in [0.2, 0.25) is 0 Å². The Balaban J connectivity index is 2.39. The van der Waals surface area contributed by atoms with Gasteiger partial charge in [-0.1, -0.05) is 0 Å². The Morgan fingerprint density at radius 2 is 1.60 bits per heavy atom. The fourth-order valence-electron chi connectivity index (χ4n) is 0.677. The van der Waals surface area contributed by atoms with Gasteiger partial charge in [-0.15, -0.1) is 0 Å². The van der Waals surface area contributed by atoms with Gasteiger partial charge in [-0.25, -0.2) is 0 Å². The van der Waals surface area contributed by atoms with Crippen molar-refractivity contribution in [2.45, 2.75) is 6.18 Å². The molecule has 0 amide bonds. The van der Waals surface area contributed by atoms with Crippen LogP contribution in [0, 0.1) is 5.92 Å². The van der Waals surface area contributed by atoms with E-state index >= 15 is 0 Å². The number of halogens is 3. The maximum absolute atomic E-state index is 11.8. The van der Waals surface area contributed by atoms with Gasteiger partial charge in [-0.2, -0.15) is 13.2 Å². The van der Waals surface area contributed by atoms with Gasteiger partial charge in [-0.3, -0.25) is 0 Å². The number of alkyl halides is 3. The Hall–Kier alpha value is -0.290. The highest BCUT2D eigenvalue weighted by molar-refractivity contribution is 4.67. The van der Waals surface area contributed by atoms with Gasteiger partial charge in [0.2, 0.25) is 0 Å². The van der Waals surface area contributed by atoms with Crippen molar-refractivity contribution in [2.75, 3.05) is 20.0 Å². The third kappa shape index (κ3) is 1.85. The third-order valence-corrected chi connectivity index (χ3v) is 1.27. The summed E-state index contributed by atoms with van der Waals surface area (Å²) < 4.78 is 44.3. The maximum atomic E-state index is 11.8. The number of hydrogen-bond donors (Lipinski definition) is 0. The molecule has 1 heterocycles. The van der Waals surface area contributed by atoms with Crippen LogP contribution in [0.3, 0.4) is 0 Å². The zero-order valence-electron chi connectivity index (χ0n) is 5.15. The Bertz CT molecular complexity index is 106. The lowest BCUT2D eigenvalue weighted by Gasteiger charge is -2.24. The van der Waals surface area contributed by atoms with Crippen LogP contribution in [0.25, 0.3) is 0 Å². The molecule has 0 aromatic heterocycles. The Morgan fingerprint density at radius 3 is 1.90 bits per heavy atom. The molecule has 1 saturated heterocycles. The van der Waals surface area contributed by atoms with Crippen LogP contribution < -0.4 is 0 Å². The van der Waals surface area contributed by atoms with Gasteiger partial charge < -0.3 is 9.47 Å². The largest absolute Gasteiger partial charge is 0.396 e. The summed E-state index contributed by atoms with van der Waals surface area (Å²) in [5.41, 5.74) is 0. The lowest BCUT2D eigenvalue weighted by molar-refractivity contribution is -0.241. The Kier molecular flexibility index (Phi) is 2.15. The highest BCUT2D eigenvalue weighted by Crippen LogP contribution is 2.28. The zero-order chi connectivity index (χ0) is 7.61. The fraction of sp³-hybridized carbons (Fsp3) is 1.00. The molecular weight excluding hydrogens is 149 g/mol. The summed E-state index contributed by atoms with van der Waals surface area (Å²) in [4.78, 5) is 0. The van der Waals surface area contributed by atoms with E-state index in [-0.39, 0.29) is 20.0 Å². The van der Waals surface area contributed by atoms with E-state index in [4.69, 9.17) is 0 Å². The molecule has 0 aromatic rings. The second-order valence-electron chi connectivity index (χ2n) is 2.10. The summed E-state index contributed by atoms with van der Waals surface area (Å²) >= 11 is 0. The molecule has 0 radical (unpaired) electrons. The second-order valence-corrected chi connectivity index (χ2v) is 2.10. The highest BCUT2D eigenvalue weighted by atomic mass is 19.4. The van der Waals surface area contributed by atoms with E-state index in [1.54, 1.807) is 0 Å². The molecule has 60 valence electrons. The first-order valence-electron chi connectivity index (χ1n) is 2.83. The van der Waals surface area contributed by atoms with E-state index in [2.05, 4.69) is 9.47 Å². The van der Waals surface area contributed by atoms with Crippen LogP contribution in [-0.4, -0.2) is 26.2 Å². The van der Waals surface area contributed by atoms with Crippen LogP contribution in [-0.2, 0) is 9.47 Å². The van der Waals surface area contributed by atoms with E-state index in [9.17, 15) is 13.2 Å². The predicted octanol–water partition coefficient (Wildman–Crippen LogP) is 1.17. The monoisotopic (exact) mass is 156 g/mol. The Labute approximate surface area is 55.9 Å². The van der Waals surface area contributed by atoms with E-state index in [1.165, 1.54) is 0 Å². The highest BCUT2D eigenvalue weighted by Gasteiger charge is 2.41. The normalized spacial score (nSPS) is 23.1. The third-order valence-electron chi connectivity index (χ3n) is 1.27. The molecule has 0 N–H and O–H groups in total. The Morgan fingerprint density at radius 1 is 1.10 bits per heavy atom. The molecule has 0 aromatic carbocycles. The first-order valence-corrected chi connectivity index (χ1v) is 2.83. The van der Waals surface area contributed by atoms with Crippen LogP contribution in [0.1, 0.15) is 0 Å². The molecule has 5 heteroatoms. The summed E-state index contributed by atoms with van der Waals surface area (Å²) in [6.45, 7) is -0.570.